The molecule has 3 atom stereocenters. The number of carbonyl (C=O) groups is 2. The van der Waals surface area contributed by atoms with Crippen LogP contribution in [0.5, 0.6) is 0 Å². The Kier molecular flexibility index (Phi) is 4.19. The lowest BCUT2D eigenvalue weighted by Gasteiger charge is -2.29. The number of amides is 2. The molecule has 2 aliphatic heterocycles. The van der Waals surface area contributed by atoms with Gasteiger partial charge in [-0.1, -0.05) is 0 Å². The largest absolute Gasteiger partial charge is 0.465 e. The van der Waals surface area contributed by atoms with Crippen molar-refractivity contribution in [2.75, 3.05) is 26.2 Å². The summed E-state index contributed by atoms with van der Waals surface area (Å²) in [6, 6.07) is 1.92. The lowest BCUT2D eigenvalue weighted by Crippen LogP contribution is -2.48. The van der Waals surface area contributed by atoms with Crippen LogP contribution >= 0.6 is 0 Å². The van der Waals surface area contributed by atoms with Gasteiger partial charge in [0.1, 0.15) is 6.04 Å². The molecule has 2 saturated heterocycles. The smallest absolute Gasteiger partial charge is 0.407 e. The standard InChI is InChI=1S/C16H24N4O3/c1-16(5-11-9-19(15(22)23)10-12(11)6-16)18-8-14(21)20-4-2-3-13(20)7-17/h11-13,18H,2-6,8-10H2,1H3,(H,22,23)/t11?,12?,13-,16?/m0/s1. The van der Waals surface area contributed by atoms with E-state index in [1.54, 1.807) is 4.90 Å². The van der Waals surface area contributed by atoms with E-state index in [1.165, 1.54) is 4.90 Å². The number of hydrogen-bond acceptors (Lipinski definition) is 4. The molecule has 2 heterocycles. The number of likely N-dealkylation sites (tertiary alicyclic amines) is 2. The molecule has 1 aliphatic carbocycles. The van der Waals surface area contributed by atoms with Gasteiger partial charge in [0, 0.05) is 25.2 Å². The van der Waals surface area contributed by atoms with Gasteiger partial charge < -0.3 is 20.2 Å². The normalized spacial score (nSPS) is 36.1. The lowest BCUT2D eigenvalue weighted by molar-refractivity contribution is -0.130. The van der Waals surface area contributed by atoms with Gasteiger partial charge in [-0.25, -0.2) is 4.79 Å². The minimum Gasteiger partial charge on any atom is -0.465 e. The Bertz CT molecular complexity index is 530. The van der Waals surface area contributed by atoms with Crippen LogP contribution in [0.25, 0.3) is 0 Å². The maximum absolute atomic E-state index is 12.3. The number of rotatable bonds is 3. The van der Waals surface area contributed by atoms with E-state index < -0.39 is 6.09 Å². The molecule has 2 amide bonds. The van der Waals surface area contributed by atoms with E-state index in [9.17, 15) is 9.59 Å². The molecule has 3 fully saturated rings. The summed E-state index contributed by atoms with van der Waals surface area (Å²) in [6.45, 7) is 4.27. The molecule has 23 heavy (non-hydrogen) atoms. The molecule has 0 aromatic rings. The molecule has 3 aliphatic rings. The first-order valence-electron chi connectivity index (χ1n) is 8.34. The average molecular weight is 320 g/mol. The highest BCUT2D eigenvalue weighted by molar-refractivity contribution is 5.79. The van der Waals surface area contributed by atoms with Crippen LogP contribution in [-0.4, -0.2) is 64.7 Å². The number of hydrogen-bond donors (Lipinski definition) is 2. The third-order valence-electron chi connectivity index (χ3n) is 5.66. The van der Waals surface area contributed by atoms with E-state index in [-0.39, 0.29) is 24.0 Å². The summed E-state index contributed by atoms with van der Waals surface area (Å²) < 4.78 is 0. The first kappa shape index (κ1) is 16.1. The Morgan fingerprint density at radius 1 is 1.35 bits per heavy atom. The zero-order valence-corrected chi connectivity index (χ0v) is 13.5. The monoisotopic (exact) mass is 320 g/mol. The van der Waals surface area contributed by atoms with E-state index in [2.05, 4.69) is 18.3 Å². The van der Waals surface area contributed by atoms with Gasteiger partial charge in [0.15, 0.2) is 0 Å². The zero-order chi connectivity index (χ0) is 16.6. The molecular weight excluding hydrogens is 296 g/mol. The average Bonchev–Trinajstić information content (AvgIpc) is 3.17. The van der Waals surface area contributed by atoms with Crippen molar-refractivity contribution in [3.8, 4) is 6.07 Å². The number of nitriles is 1. The highest BCUT2D eigenvalue weighted by Crippen LogP contribution is 2.43. The molecular formula is C16H24N4O3. The van der Waals surface area contributed by atoms with E-state index in [1.807, 2.05) is 0 Å². The summed E-state index contributed by atoms with van der Waals surface area (Å²) >= 11 is 0. The number of nitrogens with zero attached hydrogens (tertiary/aromatic N) is 3. The third kappa shape index (κ3) is 3.13. The van der Waals surface area contributed by atoms with Gasteiger partial charge >= 0.3 is 6.09 Å². The second-order valence-electron chi connectivity index (χ2n) is 7.40. The predicted octanol–water partition coefficient (Wildman–Crippen LogP) is 0.869. The SMILES string of the molecule is CC1(NCC(=O)N2CCC[C@H]2C#N)CC2CN(C(=O)O)CC2C1. The van der Waals surface area contributed by atoms with Crippen molar-refractivity contribution < 1.29 is 14.7 Å². The Morgan fingerprint density at radius 3 is 2.57 bits per heavy atom. The zero-order valence-electron chi connectivity index (χ0n) is 13.5. The molecule has 7 heteroatoms. The fraction of sp³-hybridized carbons (Fsp3) is 0.812. The van der Waals surface area contributed by atoms with E-state index in [0.29, 0.717) is 31.5 Å². The van der Waals surface area contributed by atoms with Crippen molar-refractivity contribution in [2.24, 2.45) is 11.8 Å². The Labute approximate surface area is 136 Å². The summed E-state index contributed by atoms with van der Waals surface area (Å²) in [5.74, 6) is 0.772. The molecule has 126 valence electrons. The minimum atomic E-state index is -0.833. The molecule has 7 nitrogen and oxygen atoms in total. The molecule has 2 N–H and O–H groups in total. The second kappa shape index (κ2) is 6.00. The maximum atomic E-state index is 12.3. The van der Waals surface area contributed by atoms with Crippen molar-refractivity contribution in [1.82, 2.24) is 15.1 Å². The first-order chi connectivity index (χ1) is 10.9. The van der Waals surface area contributed by atoms with Crippen LogP contribution in [0.4, 0.5) is 4.79 Å². The molecule has 0 aromatic heterocycles. The molecule has 0 bridgehead atoms. The molecule has 3 rings (SSSR count). The fourth-order valence-electron chi connectivity index (χ4n) is 4.53. The van der Waals surface area contributed by atoms with Gasteiger partial charge in [-0.2, -0.15) is 5.26 Å². The van der Waals surface area contributed by atoms with Gasteiger partial charge in [-0.3, -0.25) is 4.79 Å². The minimum absolute atomic E-state index is 0.000466. The molecule has 0 aromatic carbocycles. The Morgan fingerprint density at radius 2 is 2.00 bits per heavy atom. The summed E-state index contributed by atoms with van der Waals surface area (Å²) in [4.78, 5) is 26.6. The molecule has 1 saturated carbocycles. The predicted molar refractivity (Wildman–Crippen MR) is 82.6 cm³/mol. The number of carboxylic acid groups (broad SMARTS) is 1. The van der Waals surface area contributed by atoms with E-state index in [0.717, 1.165) is 25.7 Å². The molecule has 2 unspecified atom stereocenters. The maximum Gasteiger partial charge on any atom is 0.407 e. The van der Waals surface area contributed by atoms with Crippen molar-refractivity contribution in [2.45, 2.75) is 44.2 Å². The van der Waals surface area contributed by atoms with E-state index >= 15 is 0 Å². The Hall–Kier alpha value is -1.81. The molecule has 0 spiro atoms. The van der Waals surface area contributed by atoms with Crippen molar-refractivity contribution in [3.05, 3.63) is 0 Å². The van der Waals surface area contributed by atoms with Crippen LogP contribution in [0.15, 0.2) is 0 Å². The van der Waals surface area contributed by atoms with Gasteiger partial charge in [0.05, 0.1) is 12.6 Å². The van der Waals surface area contributed by atoms with Crippen LogP contribution in [0.3, 0.4) is 0 Å². The van der Waals surface area contributed by atoms with Crippen LogP contribution in [0.2, 0.25) is 0 Å². The summed E-state index contributed by atoms with van der Waals surface area (Å²) in [7, 11) is 0. The van der Waals surface area contributed by atoms with Crippen LogP contribution in [0.1, 0.15) is 32.6 Å². The van der Waals surface area contributed by atoms with Crippen molar-refractivity contribution >= 4 is 12.0 Å². The van der Waals surface area contributed by atoms with Crippen LogP contribution in [0, 0.1) is 23.2 Å². The fourth-order valence-corrected chi connectivity index (χ4v) is 4.53. The summed E-state index contributed by atoms with van der Waals surface area (Å²) in [5.41, 5.74) is -0.114. The van der Waals surface area contributed by atoms with Gasteiger partial charge in [-0.05, 0) is 44.4 Å². The quantitative estimate of drug-likeness (QED) is 0.804. The first-order valence-corrected chi connectivity index (χ1v) is 8.34. The number of carbonyl (C=O) groups excluding carboxylic acids is 1. The van der Waals surface area contributed by atoms with E-state index in [4.69, 9.17) is 10.4 Å². The van der Waals surface area contributed by atoms with Crippen LogP contribution in [-0.2, 0) is 4.79 Å². The topological polar surface area (TPSA) is 96.7 Å². The van der Waals surface area contributed by atoms with Crippen molar-refractivity contribution in [3.63, 3.8) is 0 Å². The highest BCUT2D eigenvalue weighted by atomic mass is 16.4. The van der Waals surface area contributed by atoms with Crippen LogP contribution < -0.4 is 5.32 Å². The highest BCUT2D eigenvalue weighted by Gasteiger charge is 2.47. The van der Waals surface area contributed by atoms with Gasteiger partial charge in [0.25, 0.3) is 0 Å². The summed E-state index contributed by atoms with van der Waals surface area (Å²) in [5, 5.41) is 21.5. The van der Waals surface area contributed by atoms with Gasteiger partial charge in [-0.15, -0.1) is 0 Å². The summed E-state index contributed by atoms with van der Waals surface area (Å²) in [6.07, 6.45) is 2.64. The third-order valence-corrected chi connectivity index (χ3v) is 5.66. The molecule has 0 radical (unpaired) electrons. The van der Waals surface area contributed by atoms with Crippen molar-refractivity contribution in [1.29, 1.82) is 5.26 Å². The lowest BCUT2D eigenvalue weighted by atomic mass is 9.98. The second-order valence-corrected chi connectivity index (χ2v) is 7.40. The number of fused-ring (bicyclic) bond motifs is 1. The number of nitrogens with one attached hydrogen (secondary N) is 1. The van der Waals surface area contributed by atoms with Gasteiger partial charge in [0.2, 0.25) is 5.91 Å². The Balaban J connectivity index is 1.51.